The van der Waals surface area contributed by atoms with Crippen LogP contribution in [0.1, 0.15) is 45.4 Å². The Morgan fingerprint density at radius 1 is 1.03 bits per heavy atom. The van der Waals surface area contributed by atoms with Crippen LogP contribution in [0.5, 0.6) is 0 Å². The lowest BCUT2D eigenvalue weighted by molar-refractivity contribution is 0.00368. The molecule has 0 aromatic heterocycles. The molecule has 3 unspecified atom stereocenters. The Kier molecular flexibility index (Phi) is 8.05. The molecule has 3 saturated heterocycles. The summed E-state index contributed by atoms with van der Waals surface area (Å²) in [6.45, 7) is 11.8. The van der Waals surface area contributed by atoms with Crippen molar-refractivity contribution in [1.82, 2.24) is 20.4 Å². The Labute approximate surface area is 176 Å². The summed E-state index contributed by atoms with van der Waals surface area (Å²) in [5.74, 6) is 1.58. The van der Waals surface area contributed by atoms with E-state index in [4.69, 9.17) is 14.5 Å². The summed E-state index contributed by atoms with van der Waals surface area (Å²) in [5, 5.41) is 7.23. The first-order valence-electron chi connectivity index (χ1n) is 12.0. The molecule has 0 aromatic rings. The van der Waals surface area contributed by atoms with Crippen molar-refractivity contribution in [1.29, 1.82) is 0 Å². The van der Waals surface area contributed by atoms with Gasteiger partial charge < -0.3 is 20.1 Å². The van der Waals surface area contributed by atoms with E-state index in [0.717, 1.165) is 71.0 Å². The summed E-state index contributed by atoms with van der Waals surface area (Å²) in [7, 11) is 0. The number of ether oxygens (including phenoxy) is 2. The van der Waals surface area contributed by atoms with E-state index in [-0.39, 0.29) is 0 Å². The van der Waals surface area contributed by atoms with E-state index < -0.39 is 0 Å². The minimum atomic E-state index is 0.454. The zero-order valence-corrected chi connectivity index (χ0v) is 18.3. The van der Waals surface area contributed by atoms with Crippen molar-refractivity contribution in [3.05, 3.63) is 0 Å². The lowest BCUT2D eigenvalue weighted by Crippen LogP contribution is -2.50. The van der Waals surface area contributed by atoms with Gasteiger partial charge in [0.2, 0.25) is 0 Å². The number of likely N-dealkylation sites (tertiary alicyclic amines) is 1. The quantitative estimate of drug-likeness (QED) is 0.490. The van der Waals surface area contributed by atoms with E-state index in [1.165, 1.54) is 45.2 Å². The second kappa shape index (κ2) is 10.9. The Morgan fingerprint density at radius 3 is 2.59 bits per heavy atom. The molecule has 0 spiro atoms. The number of guanidine groups is 1. The molecule has 2 N–H and O–H groups in total. The smallest absolute Gasteiger partial charge is 0.191 e. The van der Waals surface area contributed by atoms with E-state index in [2.05, 4.69) is 27.4 Å². The topological polar surface area (TPSA) is 61.4 Å². The molecule has 4 rings (SSSR count). The van der Waals surface area contributed by atoms with Crippen molar-refractivity contribution in [3.8, 4) is 0 Å². The molecule has 0 bridgehead atoms. The number of nitrogens with one attached hydrogen (secondary N) is 2. The maximum atomic E-state index is 5.71. The van der Waals surface area contributed by atoms with Crippen molar-refractivity contribution >= 4 is 5.96 Å². The molecule has 0 radical (unpaired) electrons. The van der Waals surface area contributed by atoms with E-state index in [0.29, 0.717) is 18.0 Å². The lowest BCUT2D eigenvalue weighted by atomic mass is 9.97. The zero-order chi connectivity index (χ0) is 19.9. The molecule has 29 heavy (non-hydrogen) atoms. The Hall–Kier alpha value is -0.890. The first-order valence-corrected chi connectivity index (χ1v) is 12.0. The average Bonchev–Trinajstić information content (AvgIpc) is 3.51. The largest absolute Gasteiger partial charge is 0.381 e. The van der Waals surface area contributed by atoms with Crippen molar-refractivity contribution in [3.63, 3.8) is 0 Å². The van der Waals surface area contributed by atoms with Crippen molar-refractivity contribution < 1.29 is 9.47 Å². The van der Waals surface area contributed by atoms with Gasteiger partial charge >= 0.3 is 0 Å². The maximum Gasteiger partial charge on any atom is 0.191 e. The summed E-state index contributed by atoms with van der Waals surface area (Å²) in [5.41, 5.74) is 0. The molecule has 3 heterocycles. The standard InChI is InChI=1S/C22H41N5O2/c1-2-23-22(25-19-7-9-27(16-19)20-5-3-4-6-20)24-15-21(18-8-12-29-17-18)26-10-13-28-14-11-26/h18-21H,2-17H2,1H3,(H2,23,24,25). The monoisotopic (exact) mass is 407 g/mol. The predicted molar refractivity (Wildman–Crippen MR) is 116 cm³/mol. The van der Waals surface area contributed by atoms with Crippen LogP contribution in [0.2, 0.25) is 0 Å². The molecule has 3 atom stereocenters. The lowest BCUT2D eigenvalue weighted by Gasteiger charge is -2.36. The van der Waals surface area contributed by atoms with Crippen molar-refractivity contribution in [2.45, 2.75) is 63.6 Å². The van der Waals surface area contributed by atoms with Crippen LogP contribution in [0.4, 0.5) is 0 Å². The molecule has 4 aliphatic rings. The third kappa shape index (κ3) is 5.84. The van der Waals surface area contributed by atoms with E-state index in [9.17, 15) is 0 Å². The molecule has 166 valence electrons. The summed E-state index contributed by atoms with van der Waals surface area (Å²) in [4.78, 5) is 10.3. The maximum absolute atomic E-state index is 5.71. The van der Waals surface area contributed by atoms with Gasteiger partial charge in [0.1, 0.15) is 0 Å². The van der Waals surface area contributed by atoms with Crippen molar-refractivity contribution in [2.75, 3.05) is 65.7 Å². The van der Waals surface area contributed by atoms with Crippen LogP contribution in [0, 0.1) is 5.92 Å². The van der Waals surface area contributed by atoms with Crippen LogP contribution in [0.3, 0.4) is 0 Å². The third-order valence-electron chi connectivity index (χ3n) is 7.21. The molecule has 1 aliphatic carbocycles. The highest BCUT2D eigenvalue weighted by Crippen LogP contribution is 2.26. The highest BCUT2D eigenvalue weighted by Gasteiger charge is 2.32. The van der Waals surface area contributed by atoms with Gasteiger partial charge in [-0.25, -0.2) is 0 Å². The van der Waals surface area contributed by atoms with E-state index in [1.807, 2.05) is 0 Å². The van der Waals surface area contributed by atoms with Crippen LogP contribution in [0.25, 0.3) is 0 Å². The number of aliphatic imine (C=N–C) groups is 1. The molecule has 0 amide bonds. The molecule has 7 heteroatoms. The van der Waals surface area contributed by atoms with Gasteiger partial charge in [-0.2, -0.15) is 0 Å². The van der Waals surface area contributed by atoms with Gasteiger partial charge in [-0.05, 0) is 32.6 Å². The second-order valence-corrected chi connectivity index (χ2v) is 9.12. The van der Waals surface area contributed by atoms with Crippen LogP contribution >= 0.6 is 0 Å². The Balaban J connectivity index is 1.34. The van der Waals surface area contributed by atoms with Gasteiger partial charge in [-0.3, -0.25) is 14.8 Å². The molecule has 3 aliphatic heterocycles. The summed E-state index contributed by atoms with van der Waals surface area (Å²) in [6, 6.07) is 1.80. The SMILES string of the molecule is CCNC(=NCC(C1CCOC1)N1CCOCC1)NC1CCN(C2CCCC2)C1. The molecule has 1 saturated carbocycles. The summed E-state index contributed by atoms with van der Waals surface area (Å²) in [6.07, 6.45) is 8.00. The normalized spacial score (nSPS) is 31.4. The van der Waals surface area contributed by atoms with Crippen LogP contribution < -0.4 is 10.6 Å². The molecule has 0 aromatic carbocycles. The van der Waals surface area contributed by atoms with Gasteiger partial charge in [0.25, 0.3) is 0 Å². The summed E-state index contributed by atoms with van der Waals surface area (Å²) >= 11 is 0. The molecular formula is C22H41N5O2. The van der Waals surface area contributed by atoms with Gasteiger partial charge in [-0.15, -0.1) is 0 Å². The Bertz CT molecular complexity index is 513. The molecular weight excluding hydrogens is 366 g/mol. The first kappa shape index (κ1) is 21.3. The van der Waals surface area contributed by atoms with Crippen LogP contribution in [-0.4, -0.2) is 99.6 Å². The number of nitrogens with zero attached hydrogens (tertiary/aromatic N) is 3. The number of morpholine rings is 1. The van der Waals surface area contributed by atoms with Crippen LogP contribution in [-0.2, 0) is 9.47 Å². The van der Waals surface area contributed by atoms with Crippen molar-refractivity contribution in [2.24, 2.45) is 10.9 Å². The van der Waals surface area contributed by atoms with Gasteiger partial charge in [-0.1, -0.05) is 12.8 Å². The highest BCUT2D eigenvalue weighted by molar-refractivity contribution is 5.80. The first-order chi connectivity index (χ1) is 14.3. The predicted octanol–water partition coefficient (Wildman–Crippen LogP) is 1.30. The van der Waals surface area contributed by atoms with E-state index in [1.54, 1.807) is 0 Å². The number of hydrogen-bond acceptors (Lipinski definition) is 5. The number of rotatable bonds is 7. The highest BCUT2D eigenvalue weighted by atomic mass is 16.5. The molecule has 7 nitrogen and oxygen atoms in total. The second-order valence-electron chi connectivity index (χ2n) is 9.12. The fraction of sp³-hybridized carbons (Fsp3) is 0.955. The Morgan fingerprint density at radius 2 is 1.86 bits per heavy atom. The average molecular weight is 408 g/mol. The van der Waals surface area contributed by atoms with Gasteiger partial charge in [0.05, 0.1) is 26.4 Å². The fourth-order valence-corrected chi connectivity index (χ4v) is 5.53. The third-order valence-corrected chi connectivity index (χ3v) is 7.21. The van der Waals surface area contributed by atoms with Gasteiger partial charge in [0, 0.05) is 63.4 Å². The van der Waals surface area contributed by atoms with E-state index >= 15 is 0 Å². The summed E-state index contributed by atoms with van der Waals surface area (Å²) < 4.78 is 11.3. The zero-order valence-electron chi connectivity index (χ0n) is 18.3. The minimum Gasteiger partial charge on any atom is -0.381 e. The van der Waals surface area contributed by atoms with Crippen LogP contribution in [0.15, 0.2) is 4.99 Å². The minimum absolute atomic E-state index is 0.454. The fourth-order valence-electron chi connectivity index (χ4n) is 5.53. The number of hydrogen-bond donors (Lipinski definition) is 2. The van der Waals surface area contributed by atoms with Gasteiger partial charge in [0.15, 0.2) is 5.96 Å². The molecule has 4 fully saturated rings.